The number of nitrogens with one attached hydrogen (secondary N) is 1. The molecular formula is C25H25FN4O4. The number of likely N-dealkylation sites (N-methyl/N-ethyl adjacent to an activating group) is 1. The van der Waals surface area contributed by atoms with Gasteiger partial charge in [0.1, 0.15) is 22.5 Å². The summed E-state index contributed by atoms with van der Waals surface area (Å²) in [5.74, 6) is 0.0122. The van der Waals surface area contributed by atoms with E-state index < -0.39 is 11.2 Å². The number of ether oxygens (including phenoxy) is 1. The third-order valence-corrected chi connectivity index (χ3v) is 6.90. The first-order valence-corrected chi connectivity index (χ1v) is 11.6. The summed E-state index contributed by atoms with van der Waals surface area (Å²) in [4.78, 5) is 30.6. The second kappa shape index (κ2) is 7.73. The smallest absolute Gasteiger partial charge is 0.259 e. The van der Waals surface area contributed by atoms with E-state index in [1.165, 1.54) is 24.4 Å². The molecule has 2 aromatic carbocycles. The molecule has 1 aliphatic carbocycles. The van der Waals surface area contributed by atoms with Gasteiger partial charge in [-0.15, -0.1) is 0 Å². The van der Waals surface area contributed by atoms with Crippen molar-refractivity contribution in [3.63, 3.8) is 0 Å². The van der Waals surface area contributed by atoms with Gasteiger partial charge < -0.3 is 29.5 Å². The number of nitrogens with zero attached hydrogens (tertiary/aromatic N) is 3. The Labute approximate surface area is 195 Å². The van der Waals surface area contributed by atoms with Gasteiger partial charge in [0, 0.05) is 45.0 Å². The number of amides is 1. The van der Waals surface area contributed by atoms with E-state index in [4.69, 9.17) is 4.74 Å². The van der Waals surface area contributed by atoms with E-state index in [9.17, 15) is 14.7 Å². The van der Waals surface area contributed by atoms with Crippen LogP contribution in [0.4, 0.5) is 10.1 Å². The zero-order chi connectivity index (χ0) is 23.6. The standard InChI is InChI=1S/C25H25FN4O4/c1-28-6-8-29(9-7-28)25(33)17-13-30-19-5-4-15(31)10-20(19)34-24-21(27-12-14-2-3-14)18(26)11-16(22(24)30)23(17)32/h4-5,10-11,13-14,27,31H,2-3,6-9,12H2,1H3. The van der Waals surface area contributed by atoms with E-state index >= 15 is 4.39 Å². The summed E-state index contributed by atoms with van der Waals surface area (Å²) in [5, 5.41) is 13.3. The van der Waals surface area contributed by atoms with Gasteiger partial charge in [-0.3, -0.25) is 9.59 Å². The van der Waals surface area contributed by atoms with Crippen molar-refractivity contribution in [2.75, 3.05) is 45.1 Å². The van der Waals surface area contributed by atoms with E-state index in [-0.39, 0.29) is 34.0 Å². The zero-order valence-corrected chi connectivity index (χ0v) is 18.8. The highest BCUT2D eigenvalue weighted by atomic mass is 19.1. The van der Waals surface area contributed by atoms with Crippen molar-refractivity contribution >= 4 is 22.5 Å². The number of piperazine rings is 1. The molecule has 1 saturated heterocycles. The molecule has 2 aliphatic heterocycles. The predicted molar refractivity (Wildman–Crippen MR) is 126 cm³/mol. The number of aromatic hydroxyl groups is 1. The van der Waals surface area contributed by atoms with E-state index in [0.29, 0.717) is 42.5 Å². The number of benzene rings is 2. The lowest BCUT2D eigenvalue weighted by Crippen LogP contribution is -2.48. The fourth-order valence-corrected chi connectivity index (χ4v) is 4.67. The van der Waals surface area contributed by atoms with Gasteiger partial charge in [0.2, 0.25) is 5.43 Å². The Morgan fingerprint density at radius 2 is 1.97 bits per heavy atom. The van der Waals surface area contributed by atoms with E-state index in [1.54, 1.807) is 15.5 Å². The molecule has 1 aromatic heterocycles. The number of phenols is 1. The molecule has 2 fully saturated rings. The number of aromatic nitrogens is 1. The van der Waals surface area contributed by atoms with Gasteiger partial charge in [-0.05, 0) is 44.0 Å². The summed E-state index contributed by atoms with van der Waals surface area (Å²) in [5.41, 5.74) is 0.608. The van der Waals surface area contributed by atoms with Crippen molar-refractivity contribution in [2.24, 2.45) is 5.92 Å². The topological polar surface area (TPSA) is 87.0 Å². The second-order valence-corrected chi connectivity index (χ2v) is 9.37. The Hall–Kier alpha value is -3.59. The molecule has 9 heteroatoms. The molecule has 0 bridgehead atoms. The Morgan fingerprint density at radius 3 is 2.71 bits per heavy atom. The molecule has 0 unspecified atom stereocenters. The molecule has 3 aliphatic rings. The molecule has 6 rings (SSSR count). The van der Waals surface area contributed by atoms with E-state index in [0.717, 1.165) is 25.9 Å². The number of hydrogen-bond donors (Lipinski definition) is 2. The van der Waals surface area contributed by atoms with Crippen LogP contribution in [0.5, 0.6) is 17.2 Å². The average Bonchev–Trinajstić information content (AvgIpc) is 3.64. The van der Waals surface area contributed by atoms with Crippen LogP contribution in [0, 0.1) is 11.7 Å². The van der Waals surface area contributed by atoms with Crippen LogP contribution in [0.2, 0.25) is 0 Å². The third-order valence-electron chi connectivity index (χ3n) is 6.90. The molecule has 8 nitrogen and oxygen atoms in total. The highest BCUT2D eigenvalue weighted by Gasteiger charge is 2.31. The molecule has 176 valence electrons. The van der Waals surface area contributed by atoms with Crippen LogP contribution in [0.3, 0.4) is 0 Å². The van der Waals surface area contributed by atoms with E-state index in [2.05, 4.69) is 10.2 Å². The van der Waals surface area contributed by atoms with Crippen molar-refractivity contribution in [3.05, 3.63) is 52.1 Å². The van der Waals surface area contributed by atoms with Crippen LogP contribution < -0.4 is 15.5 Å². The molecule has 0 spiro atoms. The fourth-order valence-electron chi connectivity index (χ4n) is 4.67. The van der Waals surface area contributed by atoms with Crippen molar-refractivity contribution in [3.8, 4) is 22.9 Å². The number of phenolic OH excluding ortho intramolecular Hbond substituents is 1. The normalized spacial score (nSPS) is 17.4. The van der Waals surface area contributed by atoms with Crippen LogP contribution >= 0.6 is 0 Å². The molecular weight excluding hydrogens is 439 g/mol. The lowest BCUT2D eigenvalue weighted by atomic mass is 10.1. The number of halogens is 1. The number of pyridine rings is 1. The van der Waals surface area contributed by atoms with Crippen LogP contribution in [0.1, 0.15) is 23.2 Å². The predicted octanol–water partition coefficient (Wildman–Crippen LogP) is 3.15. The second-order valence-electron chi connectivity index (χ2n) is 9.37. The Kier molecular flexibility index (Phi) is 4.77. The number of carbonyl (C=O) groups is 1. The summed E-state index contributed by atoms with van der Waals surface area (Å²) in [6, 6.07) is 5.80. The quantitative estimate of drug-likeness (QED) is 0.483. The van der Waals surface area contributed by atoms with Gasteiger partial charge in [-0.2, -0.15) is 0 Å². The molecule has 1 saturated carbocycles. The first kappa shape index (κ1) is 21.0. The Morgan fingerprint density at radius 1 is 1.21 bits per heavy atom. The first-order valence-electron chi connectivity index (χ1n) is 11.6. The summed E-state index contributed by atoms with van der Waals surface area (Å²) in [6.45, 7) is 3.08. The first-order chi connectivity index (χ1) is 16.4. The number of fused-ring (bicyclic) bond motifs is 2. The summed E-state index contributed by atoms with van der Waals surface area (Å²) < 4.78 is 23.1. The lowest BCUT2D eigenvalue weighted by molar-refractivity contribution is 0.0662. The highest BCUT2D eigenvalue weighted by Crippen LogP contribution is 2.46. The monoisotopic (exact) mass is 464 g/mol. The Balaban J connectivity index is 1.56. The fraction of sp³-hybridized carbons (Fsp3) is 0.360. The minimum Gasteiger partial charge on any atom is -0.508 e. The third kappa shape index (κ3) is 3.38. The maximum absolute atomic E-state index is 15.3. The number of anilines is 1. The minimum absolute atomic E-state index is 0.00267. The van der Waals surface area contributed by atoms with Gasteiger partial charge in [-0.25, -0.2) is 4.39 Å². The van der Waals surface area contributed by atoms with Crippen molar-refractivity contribution < 1.29 is 19.0 Å². The van der Waals surface area contributed by atoms with Gasteiger partial charge in [0.25, 0.3) is 5.91 Å². The molecule has 2 N–H and O–H groups in total. The van der Waals surface area contributed by atoms with Crippen LogP contribution in [-0.4, -0.2) is 65.2 Å². The maximum atomic E-state index is 15.3. The molecule has 3 aromatic rings. The van der Waals surface area contributed by atoms with Crippen molar-refractivity contribution in [1.29, 1.82) is 0 Å². The summed E-state index contributed by atoms with van der Waals surface area (Å²) >= 11 is 0. The summed E-state index contributed by atoms with van der Waals surface area (Å²) in [7, 11) is 1.99. The lowest BCUT2D eigenvalue weighted by Gasteiger charge is -2.32. The van der Waals surface area contributed by atoms with Crippen molar-refractivity contribution in [1.82, 2.24) is 14.4 Å². The molecule has 1 amide bonds. The summed E-state index contributed by atoms with van der Waals surface area (Å²) in [6.07, 6.45) is 3.71. The zero-order valence-electron chi connectivity index (χ0n) is 18.8. The largest absolute Gasteiger partial charge is 0.508 e. The van der Waals surface area contributed by atoms with Crippen molar-refractivity contribution in [2.45, 2.75) is 12.8 Å². The van der Waals surface area contributed by atoms with Crippen LogP contribution in [0.25, 0.3) is 16.6 Å². The van der Waals surface area contributed by atoms with Crippen LogP contribution in [0.15, 0.2) is 35.3 Å². The molecule has 0 radical (unpaired) electrons. The number of carbonyl (C=O) groups excluding carboxylic acids is 1. The molecule has 3 heterocycles. The van der Waals surface area contributed by atoms with E-state index in [1.807, 2.05) is 7.05 Å². The Bertz CT molecular complexity index is 1390. The van der Waals surface area contributed by atoms with Crippen LogP contribution in [-0.2, 0) is 0 Å². The number of rotatable bonds is 4. The SMILES string of the molecule is CN1CCN(C(=O)c2cn3c4c(c(NCC5CC5)c(F)cc4c2=O)Oc2cc(O)ccc2-3)CC1. The average molecular weight is 464 g/mol. The van der Waals surface area contributed by atoms with Gasteiger partial charge in [0.05, 0.1) is 11.1 Å². The highest BCUT2D eigenvalue weighted by molar-refractivity contribution is 6.01. The molecule has 34 heavy (non-hydrogen) atoms. The van der Waals surface area contributed by atoms with Gasteiger partial charge in [-0.1, -0.05) is 0 Å². The maximum Gasteiger partial charge on any atom is 0.259 e. The number of hydrogen-bond acceptors (Lipinski definition) is 6. The molecule has 0 atom stereocenters. The van der Waals surface area contributed by atoms with Gasteiger partial charge >= 0.3 is 0 Å². The van der Waals surface area contributed by atoms with Gasteiger partial charge in [0.15, 0.2) is 17.3 Å². The minimum atomic E-state index is -0.611.